The number of aliphatic imine (C=N–C) groups is 1. The number of nitrogens with one attached hydrogen (secondary N) is 1. The third-order valence-corrected chi connectivity index (χ3v) is 3.44. The molecule has 2 heteroatoms. The SMILES string of the molecule is CCC1(C)CN=C(Cc2ccccc2)NC1. The van der Waals surface area contributed by atoms with Crippen molar-refractivity contribution in [3.05, 3.63) is 35.9 Å². The average Bonchev–Trinajstić information content (AvgIpc) is 2.34. The van der Waals surface area contributed by atoms with Crippen LogP contribution < -0.4 is 5.32 Å². The summed E-state index contributed by atoms with van der Waals surface area (Å²) < 4.78 is 0. The van der Waals surface area contributed by atoms with Gasteiger partial charge in [0.1, 0.15) is 5.84 Å². The van der Waals surface area contributed by atoms with E-state index in [1.807, 2.05) is 6.07 Å². The average molecular weight is 216 g/mol. The highest BCUT2D eigenvalue weighted by Gasteiger charge is 2.25. The smallest absolute Gasteiger partial charge is 0.101 e. The van der Waals surface area contributed by atoms with Crippen LogP contribution in [0.15, 0.2) is 35.3 Å². The molecule has 1 aromatic carbocycles. The van der Waals surface area contributed by atoms with Crippen molar-refractivity contribution in [2.24, 2.45) is 10.4 Å². The van der Waals surface area contributed by atoms with Crippen LogP contribution >= 0.6 is 0 Å². The molecule has 0 saturated carbocycles. The zero-order valence-corrected chi connectivity index (χ0v) is 10.2. The molecule has 1 unspecified atom stereocenters. The molecular formula is C14H20N2. The second kappa shape index (κ2) is 4.69. The van der Waals surface area contributed by atoms with Crippen LogP contribution in [0.4, 0.5) is 0 Å². The first-order chi connectivity index (χ1) is 7.72. The molecule has 0 aromatic heterocycles. The molecule has 2 nitrogen and oxygen atoms in total. The van der Waals surface area contributed by atoms with Crippen LogP contribution in [0.25, 0.3) is 0 Å². The minimum absolute atomic E-state index is 0.347. The molecule has 2 rings (SSSR count). The Hall–Kier alpha value is -1.31. The lowest BCUT2D eigenvalue weighted by molar-refractivity contribution is 0.309. The molecule has 0 fully saturated rings. The van der Waals surface area contributed by atoms with E-state index in [2.05, 4.69) is 48.4 Å². The molecule has 0 saturated heterocycles. The second-order valence-electron chi connectivity index (χ2n) is 4.94. The summed E-state index contributed by atoms with van der Waals surface area (Å²) in [6.07, 6.45) is 2.11. The molecule has 0 bridgehead atoms. The fourth-order valence-corrected chi connectivity index (χ4v) is 1.86. The lowest BCUT2D eigenvalue weighted by atomic mass is 9.86. The maximum absolute atomic E-state index is 4.65. The Morgan fingerprint density at radius 2 is 2.06 bits per heavy atom. The van der Waals surface area contributed by atoms with E-state index in [9.17, 15) is 0 Å². The van der Waals surface area contributed by atoms with Gasteiger partial charge >= 0.3 is 0 Å². The maximum Gasteiger partial charge on any atom is 0.101 e. The molecule has 1 aliphatic heterocycles. The van der Waals surface area contributed by atoms with Gasteiger partial charge < -0.3 is 5.32 Å². The van der Waals surface area contributed by atoms with Crippen LogP contribution in [0.5, 0.6) is 0 Å². The van der Waals surface area contributed by atoms with Crippen LogP contribution in [0.1, 0.15) is 25.8 Å². The predicted octanol–water partition coefficient (Wildman–Crippen LogP) is 2.65. The van der Waals surface area contributed by atoms with Crippen LogP contribution in [0.2, 0.25) is 0 Å². The van der Waals surface area contributed by atoms with Gasteiger partial charge in [-0.3, -0.25) is 4.99 Å². The topological polar surface area (TPSA) is 24.4 Å². The monoisotopic (exact) mass is 216 g/mol. The van der Waals surface area contributed by atoms with Crippen molar-refractivity contribution in [2.75, 3.05) is 13.1 Å². The van der Waals surface area contributed by atoms with Gasteiger partial charge in [-0.1, -0.05) is 44.2 Å². The number of amidine groups is 1. The lowest BCUT2D eigenvalue weighted by Crippen LogP contribution is -2.43. The molecule has 86 valence electrons. The molecule has 1 heterocycles. The normalized spacial score (nSPS) is 24.8. The molecule has 1 aromatic rings. The van der Waals surface area contributed by atoms with Gasteiger partial charge in [-0.25, -0.2) is 0 Å². The van der Waals surface area contributed by atoms with Crippen molar-refractivity contribution >= 4 is 5.84 Å². The van der Waals surface area contributed by atoms with Gasteiger partial charge in [0.2, 0.25) is 0 Å². The summed E-state index contributed by atoms with van der Waals surface area (Å²) in [6.45, 7) is 6.54. The Morgan fingerprint density at radius 1 is 1.31 bits per heavy atom. The third-order valence-electron chi connectivity index (χ3n) is 3.44. The summed E-state index contributed by atoms with van der Waals surface area (Å²) in [5, 5.41) is 3.46. The van der Waals surface area contributed by atoms with Crippen LogP contribution in [0.3, 0.4) is 0 Å². The number of nitrogens with zero attached hydrogens (tertiary/aromatic N) is 1. The Morgan fingerprint density at radius 3 is 2.62 bits per heavy atom. The fraction of sp³-hybridized carbons (Fsp3) is 0.500. The lowest BCUT2D eigenvalue weighted by Gasteiger charge is -2.32. The van der Waals surface area contributed by atoms with Gasteiger partial charge in [-0.15, -0.1) is 0 Å². The second-order valence-corrected chi connectivity index (χ2v) is 4.94. The highest BCUT2D eigenvalue weighted by molar-refractivity contribution is 5.85. The van der Waals surface area contributed by atoms with E-state index in [0.29, 0.717) is 5.41 Å². The van der Waals surface area contributed by atoms with E-state index in [1.54, 1.807) is 0 Å². The van der Waals surface area contributed by atoms with E-state index in [1.165, 1.54) is 12.0 Å². The van der Waals surface area contributed by atoms with Gasteiger partial charge in [-0.05, 0) is 12.0 Å². The summed E-state index contributed by atoms with van der Waals surface area (Å²) in [5.41, 5.74) is 1.68. The number of hydrogen-bond donors (Lipinski definition) is 1. The fourth-order valence-electron chi connectivity index (χ4n) is 1.86. The molecule has 0 amide bonds. The first kappa shape index (κ1) is 11.2. The van der Waals surface area contributed by atoms with Crippen molar-refractivity contribution in [2.45, 2.75) is 26.7 Å². The molecule has 1 atom stereocenters. The standard InChI is InChI=1S/C14H20N2/c1-3-14(2)10-15-13(16-11-14)9-12-7-5-4-6-8-12/h4-8H,3,9-11H2,1-2H3,(H,15,16). The minimum Gasteiger partial charge on any atom is -0.373 e. The van der Waals surface area contributed by atoms with Crippen molar-refractivity contribution in [1.82, 2.24) is 5.32 Å². The van der Waals surface area contributed by atoms with Crippen LogP contribution in [0, 0.1) is 5.41 Å². The van der Waals surface area contributed by atoms with Crippen molar-refractivity contribution in [3.8, 4) is 0 Å². The Bertz CT molecular complexity index is 370. The zero-order chi connectivity index (χ0) is 11.4. The Kier molecular flexibility index (Phi) is 3.28. The third kappa shape index (κ3) is 2.63. The zero-order valence-electron chi connectivity index (χ0n) is 10.2. The van der Waals surface area contributed by atoms with E-state index < -0.39 is 0 Å². The quantitative estimate of drug-likeness (QED) is 0.825. The summed E-state index contributed by atoms with van der Waals surface area (Å²) in [4.78, 5) is 4.65. The molecule has 0 aliphatic carbocycles. The predicted molar refractivity (Wildman–Crippen MR) is 68.8 cm³/mol. The summed E-state index contributed by atoms with van der Waals surface area (Å²) in [6, 6.07) is 10.5. The van der Waals surface area contributed by atoms with Crippen LogP contribution in [-0.4, -0.2) is 18.9 Å². The van der Waals surface area contributed by atoms with Gasteiger partial charge in [-0.2, -0.15) is 0 Å². The maximum atomic E-state index is 4.65. The van der Waals surface area contributed by atoms with Crippen molar-refractivity contribution in [1.29, 1.82) is 0 Å². The Balaban J connectivity index is 1.99. The number of rotatable bonds is 3. The Labute approximate surface area is 97.8 Å². The molecule has 16 heavy (non-hydrogen) atoms. The molecular weight excluding hydrogens is 196 g/mol. The number of hydrogen-bond acceptors (Lipinski definition) is 2. The van der Waals surface area contributed by atoms with Crippen molar-refractivity contribution in [3.63, 3.8) is 0 Å². The highest BCUT2D eigenvalue weighted by atomic mass is 15.0. The first-order valence-electron chi connectivity index (χ1n) is 6.03. The molecule has 0 spiro atoms. The van der Waals surface area contributed by atoms with E-state index in [-0.39, 0.29) is 0 Å². The number of benzene rings is 1. The summed E-state index contributed by atoms with van der Waals surface area (Å²) in [5.74, 6) is 1.14. The van der Waals surface area contributed by atoms with Crippen molar-refractivity contribution < 1.29 is 0 Å². The minimum atomic E-state index is 0.347. The van der Waals surface area contributed by atoms with E-state index in [0.717, 1.165) is 25.3 Å². The molecule has 1 aliphatic rings. The van der Waals surface area contributed by atoms with Gasteiger partial charge in [0.25, 0.3) is 0 Å². The molecule has 0 radical (unpaired) electrons. The summed E-state index contributed by atoms with van der Waals surface area (Å²) >= 11 is 0. The van der Waals surface area contributed by atoms with E-state index >= 15 is 0 Å². The highest BCUT2D eigenvalue weighted by Crippen LogP contribution is 2.22. The summed E-state index contributed by atoms with van der Waals surface area (Å²) in [7, 11) is 0. The van der Waals surface area contributed by atoms with Gasteiger partial charge in [0, 0.05) is 24.9 Å². The van der Waals surface area contributed by atoms with Gasteiger partial charge in [0.05, 0.1) is 0 Å². The largest absolute Gasteiger partial charge is 0.373 e. The first-order valence-corrected chi connectivity index (χ1v) is 6.03. The van der Waals surface area contributed by atoms with Crippen LogP contribution in [-0.2, 0) is 6.42 Å². The van der Waals surface area contributed by atoms with Gasteiger partial charge in [0.15, 0.2) is 0 Å². The molecule has 1 N–H and O–H groups in total. The van der Waals surface area contributed by atoms with E-state index in [4.69, 9.17) is 0 Å².